The van der Waals surface area contributed by atoms with E-state index < -0.39 is 24.0 Å². The van der Waals surface area contributed by atoms with E-state index in [0.717, 1.165) is 5.56 Å². The highest BCUT2D eigenvalue weighted by atomic mass is 32.2. The van der Waals surface area contributed by atoms with Crippen molar-refractivity contribution < 1.29 is 19.1 Å². The number of hydrogen-bond donors (Lipinski definition) is 4. The van der Waals surface area contributed by atoms with Gasteiger partial charge in [0.05, 0.1) is 12.8 Å². The fourth-order valence-electron chi connectivity index (χ4n) is 2.97. The third-order valence-electron chi connectivity index (χ3n) is 4.78. The Labute approximate surface area is 204 Å². The lowest BCUT2D eigenvalue weighted by atomic mass is 10.1. The van der Waals surface area contributed by atoms with Gasteiger partial charge in [0.1, 0.15) is 6.04 Å². The number of aromatic nitrogens is 1. The lowest BCUT2D eigenvalue weighted by Gasteiger charge is -2.23. The Morgan fingerprint density at radius 1 is 1.21 bits per heavy atom. The first-order chi connectivity index (χ1) is 16.0. The van der Waals surface area contributed by atoms with Crippen LogP contribution in [-0.4, -0.2) is 66.5 Å². The molecule has 0 spiro atoms. The van der Waals surface area contributed by atoms with E-state index in [0.29, 0.717) is 36.6 Å². The number of carbonyl (C=O) groups excluding carboxylic acids is 2. The molecule has 33 heavy (non-hydrogen) atoms. The first-order valence-electron chi connectivity index (χ1n) is 10.6. The highest BCUT2D eigenvalue weighted by molar-refractivity contribution is 7.98. The van der Waals surface area contributed by atoms with Gasteiger partial charge in [-0.3, -0.25) is 4.79 Å². The molecule has 0 aliphatic rings. The van der Waals surface area contributed by atoms with Gasteiger partial charge in [-0.25, -0.2) is 9.78 Å². The molecule has 0 aliphatic carbocycles. The predicted molar refractivity (Wildman–Crippen MR) is 136 cm³/mol. The van der Waals surface area contributed by atoms with Crippen LogP contribution in [0.2, 0.25) is 0 Å². The maximum absolute atomic E-state index is 13.2. The van der Waals surface area contributed by atoms with E-state index in [1.54, 1.807) is 30.1 Å². The van der Waals surface area contributed by atoms with E-state index >= 15 is 0 Å². The predicted octanol–water partition coefficient (Wildman–Crippen LogP) is 2.15. The van der Waals surface area contributed by atoms with E-state index in [1.807, 2.05) is 36.6 Å². The van der Waals surface area contributed by atoms with Crippen molar-refractivity contribution in [3.63, 3.8) is 0 Å². The summed E-state index contributed by atoms with van der Waals surface area (Å²) in [5, 5.41) is 5.99. The number of thiol groups is 1. The van der Waals surface area contributed by atoms with Gasteiger partial charge >= 0.3 is 5.97 Å². The summed E-state index contributed by atoms with van der Waals surface area (Å²) in [6.45, 7) is 0.472. The summed E-state index contributed by atoms with van der Waals surface area (Å²) in [4.78, 5) is 29.7. The van der Waals surface area contributed by atoms with Crippen molar-refractivity contribution in [1.29, 1.82) is 0 Å². The monoisotopic (exact) mass is 492 g/mol. The van der Waals surface area contributed by atoms with Crippen LogP contribution in [0.15, 0.2) is 48.7 Å². The zero-order valence-electron chi connectivity index (χ0n) is 18.9. The zero-order chi connectivity index (χ0) is 24.1. The van der Waals surface area contributed by atoms with Gasteiger partial charge < -0.3 is 25.8 Å². The van der Waals surface area contributed by atoms with Gasteiger partial charge in [-0.2, -0.15) is 24.4 Å². The van der Waals surface area contributed by atoms with Crippen molar-refractivity contribution in [3.05, 3.63) is 54.2 Å². The number of nitrogens with zero attached hydrogens (tertiary/aromatic N) is 1. The molecule has 0 saturated carbocycles. The van der Waals surface area contributed by atoms with Crippen LogP contribution < -0.4 is 21.1 Å². The van der Waals surface area contributed by atoms with Crippen LogP contribution in [0, 0.1) is 0 Å². The number of pyridine rings is 1. The number of ether oxygens (including phenoxy) is 2. The lowest BCUT2D eigenvalue weighted by Crippen LogP contribution is -2.48. The van der Waals surface area contributed by atoms with E-state index in [1.165, 1.54) is 7.11 Å². The molecular weight excluding hydrogens is 460 g/mol. The third kappa shape index (κ3) is 9.15. The quantitative estimate of drug-likeness (QED) is 0.234. The third-order valence-corrected chi connectivity index (χ3v) is 5.90. The minimum Gasteiger partial charge on any atom is -0.467 e. The second-order valence-corrected chi connectivity index (χ2v) is 8.69. The number of anilines is 1. The molecule has 2 rings (SSSR count). The van der Waals surface area contributed by atoms with Crippen molar-refractivity contribution in [2.45, 2.75) is 31.0 Å². The Kier molecular flexibility index (Phi) is 11.9. The van der Waals surface area contributed by atoms with Crippen LogP contribution in [0.3, 0.4) is 0 Å². The number of carbonyl (C=O) groups is 2. The Bertz CT molecular complexity index is 873. The van der Waals surface area contributed by atoms with Gasteiger partial charge in [0.2, 0.25) is 5.88 Å². The summed E-state index contributed by atoms with van der Waals surface area (Å²) >= 11 is 5.79. The van der Waals surface area contributed by atoms with Gasteiger partial charge in [0.25, 0.3) is 5.91 Å². The molecule has 10 heteroatoms. The highest BCUT2D eigenvalue weighted by Gasteiger charge is 2.28. The molecule has 2 aromatic rings. The number of benzene rings is 1. The van der Waals surface area contributed by atoms with E-state index in [9.17, 15) is 9.59 Å². The molecule has 0 fully saturated rings. The number of esters is 1. The van der Waals surface area contributed by atoms with Gasteiger partial charge in [-0.05, 0) is 36.1 Å². The number of nitrogens with two attached hydrogens (primary N) is 1. The topological polar surface area (TPSA) is 116 Å². The van der Waals surface area contributed by atoms with Crippen molar-refractivity contribution in [2.75, 3.05) is 36.7 Å². The molecule has 0 bridgehead atoms. The second kappa shape index (κ2) is 14.7. The molecule has 1 heterocycles. The number of rotatable bonds is 14. The molecule has 0 aliphatic heterocycles. The summed E-state index contributed by atoms with van der Waals surface area (Å²) in [5.41, 5.74) is 7.48. The van der Waals surface area contributed by atoms with Crippen LogP contribution in [0.4, 0.5) is 5.69 Å². The number of nitrogens with one attached hydrogen (secondary N) is 2. The minimum atomic E-state index is -0.914. The minimum absolute atomic E-state index is 0.151. The van der Waals surface area contributed by atoms with E-state index in [-0.39, 0.29) is 11.9 Å². The molecule has 1 aromatic heterocycles. The molecule has 2 unspecified atom stereocenters. The molecule has 8 nitrogen and oxygen atoms in total. The first-order valence-corrected chi connectivity index (χ1v) is 12.6. The van der Waals surface area contributed by atoms with Crippen LogP contribution in [0.5, 0.6) is 5.88 Å². The molecule has 3 atom stereocenters. The molecular formula is C23H32N4O4S2. The summed E-state index contributed by atoms with van der Waals surface area (Å²) in [6, 6.07) is 12.2. The number of hydrogen-bond acceptors (Lipinski definition) is 9. The molecule has 1 aromatic carbocycles. The van der Waals surface area contributed by atoms with E-state index in [2.05, 4.69) is 28.2 Å². The zero-order valence-corrected chi connectivity index (χ0v) is 20.6. The Balaban J connectivity index is 2.24. The van der Waals surface area contributed by atoms with Crippen LogP contribution in [0.25, 0.3) is 0 Å². The summed E-state index contributed by atoms with van der Waals surface area (Å²) < 4.78 is 11.0. The van der Waals surface area contributed by atoms with Crippen LogP contribution in [0.1, 0.15) is 12.0 Å². The van der Waals surface area contributed by atoms with E-state index in [4.69, 9.17) is 15.2 Å². The summed E-state index contributed by atoms with van der Waals surface area (Å²) in [5.74, 6) is 0.590. The highest BCUT2D eigenvalue weighted by Crippen LogP contribution is 2.23. The molecule has 180 valence electrons. The van der Waals surface area contributed by atoms with Gasteiger partial charge in [-0.15, -0.1) is 0 Å². The van der Waals surface area contributed by atoms with Crippen molar-refractivity contribution in [3.8, 4) is 5.88 Å². The van der Waals surface area contributed by atoms with Gasteiger partial charge in [0, 0.05) is 31.0 Å². The molecule has 0 saturated heterocycles. The standard InChI is InChI=1S/C23H32N4O4S2/c1-30-23(29)19(10-12-33-2)27-21(28)20(13-16-7-4-3-5-8-16)31-22-18(9-6-11-25-22)26-14-17(24)15-32/h3-9,11,17,19-20,26,32H,10,12-15,24H2,1-2H3,(H,27,28)/t17?,19-,20?/m0/s1. The molecule has 1 amide bonds. The smallest absolute Gasteiger partial charge is 0.328 e. The van der Waals surface area contributed by atoms with Crippen molar-refractivity contribution >= 4 is 42.0 Å². The fourth-order valence-corrected chi connectivity index (χ4v) is 3.57. The normalized spacial score (nSPS) is 13.5. The average molecular weight is 493 g/mol. The number of methoxy groups -OCH3 is 1. The molecule has 4 N–H and O–H groups in total. The van der Waals surface area contributed by atoms with Crippen molar-refractivity contribution in [1.82, 2.24) is 10.3 Å². The van der Waals surface area contributed by atoms with Crippen molar-refractivity contribution in [2.24, 2.45) is 5.73 Å². The Hall–Kier alpha value is -2.43. The Morgan fingerprint density at radius 3 is 2.64 bits per heavy atom. The number of thioether (sulfide) groups is 1. The fraction of sp³-hybridized carbons (Fsp3) is 0.435. The first kappa shape index (κ1) is 26.8. The second-order valence-electron chi connectivity index (χ2n) is 7.34. The van der Waals surface area contributed by atoms with Crippen LogP contribution >= 0.6 is 24.4 Å². The van der Waals surface area contributed by atoms with Gasteiger partial charge in [0.15, 0.2) is 6.10 Å². The summed E-state index contributed by atoms with van der Waals surface area (Å²) in [7, 11) is 1.31. The lowest BCUT2D eigenvalue weighted by molar-refractivity contribution is -0.146. The Morgan fingerprint density at radius 2 is 1.97 bits per heavy atom. The van der Waals surface area contributed by atoms with Crippen LogP contribution in [-0.2, 0) is 20.7 Å². The SMILES string of the molecule is COC(=O)[C@H](CCSC)NC(=O)C(Cc1ccccc1)Oc1ncccc1NCC(N)CS. The summed E-state index contributed by atoms with van der Waals surface area (Å²) in [6.07, 6.45) is 3.37. The maximum atomic E-state index is 13.2. The number of amides is 1. The maximum Gasteiger partial charge on any atom is 0.328 e. The average Bonchev–Trinajstić information content (AvgIpc) is 2.85. The van der Waals surface area contributed by atoms with Gasteiger partial charge in [-0.1, -0.05) is 30.3 Å². The molecule has 0 radical (unpaired) electrons. The largest absolute Gasteiger partial charge is 0.467 e.